The molecule has 0 aliphatic carbocycles. The van der Waals surface area contributed by atoms with Gasteiger partial charge in [-0.3, -0.25) is 0 Å². The van der Waals surface area contributed by atoms with Gasteiger partial charge in [0.15, 0.2) is 12.1 Å². The number of hydrogen-bond donors (Lipinski definition) is 1. The lowest BCUT2D eigenvalue weighted by Crippen LogP contribution is -2.42. The summed E-state index contributed by atoms with van der Waals surface area (Å²) >= 11 is 0. The standard InChI is InChI=1S/C16H19N3O6/c1-16(2)24-13-11(18-19-17)12(23-15(13)25-16)10(20)8-22-14(21)9-6-4-3-5-7-9/h3-7,10-13,15,20H,8H2,1-2H3/t10-,11+,12-,13-,15-/m1/s1. The second kappa shape index (κ2) is 6.99. The summed E-state index contributed by atoms with van der Waals surface area (Å²) in [6, 6.07) is 7.63. The maximum atomic E-state index is 11.9. The van der Waals surface area contributed by atoms with Crippen molar-refractivity contribution in [3.8, 4) is 0 Å². The van der Waals surface area contributed by atoms with E-state index in [1.807, 2.05) is 0 Å². The monoisotopic (exact) mass is 349 g/mol. The first-order valence-corrected chi connectivity index (χ1v) is 7.87. The molecular formula is C16H19N3O6. The number of hydrogen-bond acceptors (Lipinski definition) is 7. The van der Waals surface area contributed by atoms with E-state index in [2.05, 4.69) is 10.0 Å². The van der Waals surface area contributed by atoms with Crippen molar-refractivity contribution >= 4 is 5.97 Å². The Balaban J connectivity index is 1.63. The van der Waals surface area contributed by atoms with Crippen LogP contribution in [0.1, 0.15) is 24.2 Å². The predicted molar refractivity (Wildman–Crippen MR) is 84.4 cm³/mol. The first-order valence-electron chi connectivity index (χ1n) is 7.87. The van der Waals surface area contributed by atoms with Crippen molar-refractivity contribution in [3.05, 3.63) is 46.3 Å². The zero-order chi connectivity index (χ0) is 18.0. The molecule has 9 nitrogen and oxygen atoms in total. The number of azide groups is 1. The van der Waals surface area contributed by atoms with Gasteiger partial charge in [0.25, 0.3) is 0 Å². The van der Waals surface area contributed by atoms with Crippen LogP contribution in [0.4, 0.5) is 0 Å². The molecule has 0 aromatic heterocycles. The summed E-state index contributed by atoms with van der Waals surface area (Å²) in [5.41, 5.74) is 9.16. The van der Waals surface area contributed by atoms with E-state index in [0.29, 0.717) is 5.56 Å². The van der Waals surface area contributed by atoms with Crippen molar-refractivity contribution in [2.24, 2.45) is 5.11 Å². The van der Waals surface area contributed by atoms with Gasteiger partial charge < -0.3 is 24.1 Å². The molecule has 134 valence electrons. The molecule has 2 heterocycles. The third kappa shape index (κ3) is 3.76. The molecule has 5 atom stereocenters. The summed E-state index contributed by atoms with van der Waals surface area (Å²) < 4.78 is 22.0. The van der Waals surface area contributed by atoms with Crippen molar-refractivity contribution in [3.63, 3.8) is 0 Å². The number of aliphatic hydroxyl groups is 1. The van der Waals surface area contributed by atoms with Crippen LogP contribution in [0.5, 0.6) is 0 Å². The Labute approximate surface area is 144 Å². The molecule has 1 aromatic carbocycles. The molecule has 2 aliphatic heterocycles. The van der Waals surface area contributed by atoms with Crippen molar-refractivity contribution in [2.45, 2.75) is 50.3 Å². The quantitative estimate of drug-likeness (QED) is 0.374. The Morgan fingerprint density at radius 3 is 2.80 bits per heavy atom. The van der Waals surface area contributed by atoms with E-state index in [0.717, 1.165) is 0 Å². The van der Waals surface area contributed by atoms with E-state index in [1.54, 1.807) is 44.2 Å². The lowest BCUT2D eigenvalue weighted by atomic mass is 10.0. The third-order valence-electron chi connectivity index (χ3n) is 4.01. The van der Waals surface area contributed by atoms with Gasteiger partial charge in [-0.05, 0) is 31.5 Å². The van der Waals surface area contributed by atoms with Gasteiger partial charge in [0.2, 0.25) is 0 Å². The van der Waals surface area contributed by atoms with Gasteiger partial charge in [-0.2, -0.15) is 0 Å². The van der Waals surface area contributed by atoms with Crippen molar-refractivity contribution in [2.75, 3.05) is 6.61 Å². The van der Waals surface area contributed by atoms with Gasteiger partial charge in [-0.25, -0.2) is 4.79 Å². The summed E-state index contributed by atoms with van der Waals surface area (Å²) in [5.74, 6) is -1.43. The summed E-state index contributed by atoms with van der Waals surface area (Å²) in [4.78, 5) is 14.7. The lowest BCUT2D eigenvalue weighted by Gasteiger charge is -2.26. The number of rotatable bonds is 5. The number of carbonyl (C=O) groups excluding carboxylic acids is 1. The van der Waals surface area contributed by atoms with Gasteiger partial charge in [0.1, 0.15) is 24.9 Å². The summed E-state index contributed by atoms with van der Waals surface area (Å²) in [6.45, 7) is 3.13. The minimum atomic E-state index is -1.19. The molecule has 0 spiro atoms. The van der Waals surface area contributed by atoms with Crippen LogP contribution in [0.15, 0.2) is 35.4 Å². The number of ether oxygens (including phenoxy) is 4. The fourth-order valence-corrected chi connectivity index (χ4v) is 2.94. The van der Waals surface area contributed by atoms with E-state index in [1.165, 1.54) is 0 Å². The van der Waals surface area contributed by atoms with E-state index in [9.17, 15) is 9.90 Å². The van der Waals surface area contributed by atoms with Crippen LogP contribution in [-0.4, -0.2) is 54.1 Å². The van der Waals surface area contributed by atoms with Gasteiger partial charge in [-0.15, -0.1) is 0 Å². The molecule has 0 radical (unpaired) electrons. The fourth-order valence-electron chi connectivity index (χ4n) is 2.94. The topological polar surface area (TPSA) is 123 Å². The average molecular weight is 349 g/mol. The second-order valence-corrected chi connectivity index (χ2v) is 6.30. The minimum Gasteiger partial charge on any atom is -0.459 e. The summed E-state index contributed by atoms with van der Waals surface area (Å²) in [5, 5.41) is 14.0. The fraction of sp³-hybridized carbons (Fsp3) is 0.562. The van der Waals surface area contributed by atoms with Gasteiger partial charge in [0, 0.05) is 4.91 Å². The maximum absolute atomic E-state index is 11.9. The maximum Gasteiger partial charge on any atom is 0.338 e. The molecule has 9 heteroatoms. The molecule has 2 aliphatic rings. The molecular weight excluding hydrogens is 330 g/mol. The lowest BCUT2D eigenvalue weighted by molar-refractivity contribution is -0.217. The first kappa shape index (κ1) is 17.7. The molecule has 0 saturated carbocycles. The first-order chi connectivity index (χ1) is 11.9. The molecule has 3 rings (SSSR count). The number of aliphatic hydroxyl groups excluding tert-OH is 1. The molecule has 2 fully saturated rings. The highest BCUT2D eigenvalue weighted by Gasteiger charge is 2.56. The zero-order valence-corrected chi connectivity index (χ0v) is 13.8. The van der Waals surface area contributed by atoms with Crippen molar-refractivity contribution in [1.29, 1.82) is 0 Å². The van der Waals surface area contributed by atoms with Crippen LogP contribution in [0.2, 0.25) is 0 Å². The largest absolute Gasteiger partial charge is 0.459 e. The van der Waals surface area contributed by atoms with Crippen LogP contribution in [-0.2, 0) is 18.9 Å². The van der Waals surface area contributed by atoms with E-state index in [-0.39, 0.29) is 6.61 Å². The molecule has 0 unspecified atom stereocenters. The van der Waals surface area contributed by atoms with Crippen LogP contribution in [0.25, 0.3) is 10.4 Å². The van der Waals surface area contributed by atoms with Crippen LogP contribution in [0.3, 0.4) is 0 Å². The zero-order valence-electron chi connectivity index (χ0n) is 13.8. The summed E-state index contributed by atoms with van der Waals surface area (Å²) in [7, 11) is 0. The van der Waals surface area contributed by atoms with Gasteiger partial charge >= 0.3 is 5.97 Å². The SMILES string of the molecule is CC1(C)O[C@H]2O[C@H]([C@H](O)COC(=O)c3ccccc3)[C@H](N=[N+]=[N-])[C@H]2O1. The number of fused-ring (bicyclic) bond motifs is 1. The highest BCUT2D eigenvalue weighted by molar-refractivity contribution is 5.89. The molecule has 25 heavy (non-hydrogen) atoms. The number of carbonyl (C=O) groups is 1. The normalized spacial score (nSPS) is 31.0. The van der Waals surface area contributed by atoms with E-state index >= 15 is 0 Å². The van der Waals surface area contributed by atoms with Gasteiger partial charge in [-0.1, -0.05) is 23.3 Å². The molecule has 2 saturated heterocycles. The Kier molecular flexibility index (Phi) is 4.94. The van der Waals surface area contributed by atoms with Crippen LogP contribution < -0.4 is 0 Å². The Bertz CT molecular complexity index is 676. The van der Waals surface area contributed by atoms with Crippen molar-refractivity contribution in [1.82, 2.24) is 0 Å². The third-order valence-corrected chi connectivity index (χ3v) is 4.01. The Morgan fingerprint density at radius 1 is 1.40 bits per heavy atom. The Hall–Kier alpha value is -2.16. The van der Waals surface area contributed by atoms with Crippen molar-refractivity contribution < 1.29 is 28.8 Å². The second-order valence-electron chi connectivity index (χ2n) is 6.30. The molecule has 1 N–H and O–H groups in total. The smallest absolute Gasteiger partial charge is 0.338 e. The highest BCUT2D eigenvalue weighted by Crippen LogP contribution is 2.39. The number of nitrogens with zero attached hydrogens (tertiary/aromatic N) is 3. The minimum absolute atomic E-state index is 0.307. The van der Waals surface area contributed by atoms with Crippen LogP contribution in [0, 0.1) is 0 Å². The average Bonchev–Trinajstić information content (AvgIpc) is 3.06. The highest BCUT2D eigenvalue weighted by atomic mass is 16.8. The molecule has 1 aromatic rings. The summed E-state index contributed by atoms with van der Waals surface area (Å²) in [6.07, 6.45) is -3.47. The Morgan fingerprint density at radius 2 is 2.12 bits per heavy atom. The molecule has 0 amide bonds. The number of esters is 1. The van der Waals surface area contributed by atoms with Gasteiger partial charge in [0.05, 0.1) is 11.6 Å². The predicted octanol–water partition coefficient (Wildman–Crippen LogP) is 1.76. The van der Waals surface area contributed by atoms with E-state index < -0.39 is 42.4 Å². The van der Waals surface area contributed by atoms with E-state index in [4.69, 9.17) is 24.5 Å². The molecule has 0 bridgehead atoms. The number of benzene rings is 1. The van der Waals surface area contributed by atoms with Crippen LogP contribution >= 0.6 is 0 Å².